The van der Waals surface area contributed by atoms with E-state index in [9.17, 15) is 0 Å². The maximum Gasteiger partial charge on any atom is 0.204 e. The minimum atomic E-state index is 0.468. The molecule has 0 aliphatic heterocycles. The van der Waals surface area contributed by atoms with E-state index in [0.29, 0.717) is 16.0 Å². The summed E-state index contributed by atoms with van der Waals surface area (Å²) < 4.78 is 1.98. The van der Waals surface area contributed by atoms with Crippen LogP contribution in [0.1, 0.15) is 27.7 Å². The first-order chi connectivity index (χ1) is 10.9. The first-order valence-electron chi connectivity index (χ1n) is 7.54. The molecule has 0 saturated carbocycles. The Bertz CT molecular complexity index is 772. The third kappa shape index (κ3) is 4.63. The van der Waals surface area contributed by atoms with Crippen LogP contribution in [0.4, 0.5) is 0 Å². The summed E-state index contributed by atoms with van der Waals surface area (Å²) in [5.74, 6) is 0.468. The van der Waals surface area contributed by atoms with Crippen LogP contribution in [0.15, 0.2) is 40.3 Å². The number of allylic oxidation sites excluding steroid dienone is 2. The van der Waals surface area contributed by atoms with Crippen molar-refractivity contribution in [1.29, 1.82) is 0 Å². The van der Waals surface area contributed by atoms with Crippen molar-refractivity contribution in [2.75, 3.05) is 12.0 Å². The molecular formula is C17H21Cl2N3S. The topological polar surface area (TPSA) is 29.3 Å². The summed E-state index contributed by atoms with van der Waals surface area (Å²) >= 11 is 14.0. The summed E-state index contributed by atoms with van der Waals surface area (Å²) in [6.07, 6.45) is 2.17. The van der Waals surface area contributed by atoms with E-state index in [4.69, 9.17) is 23.2 Å². The Labute approximate surface area is 151 Å². The first-order valence-corrected chi connectivity index (χ1v) is 9.17. The van der Waals surface area contributed by atoms with Crippen LogP contribution in [0.3, 0.4) is 0 Å². The SMILES string of the molecule is CCN=c1scc(-c2ccc(Cl)cc2Cl)n1N/C(C)=C/C(C)C. The van der Waals surface area contributed by atoms with E-state index in [0.717, 1.165) is 28.3 Å². The summed E-state index contributed by atoms with van der Waals surface area (Å²) in [5.41, 5.74) is 6.39. The zero-order valence-corrected chi connectivity index (χ0v) is 16.1. The molecule has 1 aromatic carbocycles. The van der Waals surface area contributed by atoms with Crippen molar-refractivity contribution in [1.82, 2.24) is 4.68 Å². The van der Waals surface area contributed by atoms with Crippen LogP contribution in [0.2, 0.25) is 10.0 Å². The van der Waals surface area contributed by atoms with E-state index in [1.165, 1.54) is 0 Å². The molecule has 1 aromatic heterocycles. The van der Waals surface area contributed by atoms with E-state index in [2.05, 4.69) is 35.7 Å². The normalized spacial score (nSPS) is 13.0. The van der Waals surface area contributed by atoms with E-state index in [1.807, 2.05) is 30.7 Å². The Morgan fingerprint density at radius 3 is 2.74 bits per heavy atom. The molecule has 0 amide bonds. The predicted octanol–water partition coefficient (Wildman–Crippen LogP) is 5.55. The fourth-order valence-corrected chi connectivity index (χ4v) is 3.67. The smallest absolute Gasteiger partial charge is 0.204 e. The molecule has 0 unspecified atom stereocenters. The van der Waals surface area contributed by atoms with Gasteiger partial charge in [-0.15, -0.1) is 11.3 Å². The maximum absolute atomic E-state index is 6.38. The molecule has 1 heterocycles. The Balaban J connectivity index is 2.55. The monoisotopic (exact) mass is 369 g/mol. The third-order valence-electron chi connectivity index (χ3n) is 3.08. The van der Waals surface area contributed by atoms with Gasteiger partial charge in [0.05, 0.1) is 10.7 Å². The zero-order valence-electron chi connectivity index (χ0n) is 13.7. The average molecular weight is 370 g/mol. The van der Waals surface area contributed by atoms with Crippen molar-refractivity contribution in [3.05, 3.63) is 50.2 Å². The van der Waals surface area contributed by atoms with E-state index in [-0.39, 0.29) is 0 Å². The molecule has 0 saturated heterocycles. The summed E-state index contributed by atoms with van der Waals surface area (Å²) in [6, 6.07) is 5.54. The highest BCUT2D eigenvalue weighted by Crippen LogP contribution is 2.30. The van der Waals surface area contributed by atoms with Crippen LogP contribution in [0.5, 0.6) is 0 Å². The second-order valence-electron chi connectivity index (χ2n) is 5.54. The molecule has 0 radical (unpaired) electrons. The van der Waals surface area contributed by atoms with Crippen LogP contribution in [0, 0.1) is 5.92 Å². The highest BCUT2D eigenvalue weighted by atomic mass is 35.5. The van der Waals surface area contributed by atoms with Crippen LogP contribution < -0.4 is 10.2 Å². The maximum atomic E-state index is 6.38. The van der Waals surface area contributed by atoms with Gasteiger partial charge in [-0.25, -0.2) is 4.68 Å². The van der Waals surface area contributed by atoms with Gasteiger partial charge >= 0.3 is 0 Å². The van der Waals surface area contributed by atoms with Gasteiger partial charge in [0.1, 0.15) is 0 Å². The van der Waals surface area contributed by atoms with Crippen molar-refractivity contribution < 1.29 is 0 Å². The van der Waals surface area contributed by atoms with Crippen LogP contribution in [-0.2, 0) is 0 Å². The molecular weight excluding hydrogens is 349 g/mol. The Morgan fingerprint density at radius 1 is 1.39 bits per heavy atom. The molecule has 6 heteroatoms. The largest absolute Gasteiger partial charge is 0.296 e. The number of aromatic nitrogens is 1. The molecule has 2 rings (SSSR count). The molecule has 1 N–H and O–H groups in total. The van der Waals surface area contributed by atoms with Crippen molar-refractivity contribution in [3.8, 4) is 11.3 Å². The van der Waals surface area contributed by atoms with Crippen molar-refractivity contribution >= 4 is 34.5 Å². The second kappa shape index (κ2) is 8.04. The molecule has 0 atom stereocenters. The number of hydrogen-bond acceptors (Lipinski definition) is 3. The summed E-state index contributed by atoms with van der Waals surface area (Å²) in [6.45, 7) is 9.10. The predicted molar refractivity (Wildman–Crippen MR) is 102 cm³/mol. The van der Waals surface area contributed by atoms with Crippen molar-refractivity contribution in [2.45, 2.75) is 27.7 Å². The van der Waals surface area contributed by atoms with E-state index in [1.54, 1.807) is 17.4 Å². The number of thiazole rings is 1. The fraction of sp³-hybridized carbons (Fsp3) is 0.353. The molecule has 2 aromatic rings. The van der Waals surface area contributed by atoms with Gasteiger partial charge in [0, 0.05) is 28.2 Å². The highest BCUT2D eigenvalue weighted by Gasteiger charge is 2.12. The lowest BCUT2D eigenvalue weighted by Crippen LogP contribution is -2.25. The average Bonchev–Trinajstić information content (AvgIpc) is 2.81. The molecule has 124 valence electrons. The molecule has 0 bridgehead atoms. The van der Waals surface area contributed by atoms with E-state index < -0.39 is 0 Å². The van der Waals surface area contributed by atoms with Gasteiger partial charge in [0.25, 0.3) is 0 Å². The van der Waals surface area contributed by atoms with Gasteiger partial charge in [0.2, 0.25) is 4.80 Å². The van der Waals surface area contributed by atoms with Crippen LogP contribution in [-0.4, -0.2) is 11.2 Å². The fourth-order valence-electron chi connectivity index (χ4n) is 2.26. The van der Waals surface area contributed by atoms with Gasteiger partial charge in [0.15, 0.2) is 0 Å². The van der Waals surface area contributed by atoms with Crippen LogP contribution in [0.25, 0.3) is 11.3 Å². The van der Waals surface area contributed by atoms with Gasteiger partial charge in [-0.1, -0.05) is 43.1 Å². The van der Waals surface area contributed by atoms with Gasteiger partial charge in [-0.2, -0.15) is 0 Å². The summed E-state index contributed by atoms with van der Waals surface area (Å²) in [5, 5.41) is 3.31. The quantitative estimate of drug-likeness (QED) is 0.735. The first kappa shape index (κ1) is 18.1. The number of halogens is 2. The van der Waals surface area contributed by atoms with Gasteiger partial charge in [-0.05, 0) is 38.0 Å². The van der Waals surface area contributed by atoms with E-state index >= 15 is 0 Å². The standard InChI is InChI=1S/C17H21Cl2N3S/c1-5-20-17-22(21-12(4)8-11(2)3)16(10-23-17)14-7-6-13(18)9-15(14)19/h6-11,21H,5H2,1-4H3/b12-8+,20-17?. The second-order valence-corrected chi connectivity index (χ2v) is 7.22. The molecule has 0 aliphatic carbocycles. The van der Waals surface area contributed by atoms with Gasteiger partial charge < -0.3 is 0 Å². The third-order valence-corrected chi connectivity index (χ3v) is 4.49. The molecule has 0 fully saturated rings. The zero-order chi connectivity index (χ0) is 17.0. The number of rotatable bonds is 5. The Kier molecular flexibility index (Phi) is 6.33. The lowest BCUT2D eigenvalue weighted by atomic mass is 10.2. The minimum Gasteiger partial charge on any atom is -0.296 e. The Morgan fingerprint density at radius 2 is 2.13 bits per heavy atom. The number of nitrogens with zero attached hydrogens (tertiary/aromatic N) is 2. The number of nitrogens with one attached hydrogen (secondary N) is 1. The molecule has 0 spiro atoms. The molecule has 23 heavy (non-hydrogen) atoms. The minimum absolute atomic E-state index is 0.468. The van der Waals surface area contributed by atoms with Crippen molar-refractivity contribution in [2.24, 2.45) is 10.9 Å². The van der Waals surface area contributed by atoms with Crippen LogP contribution >= 0.6 is 34.5 Å². The molecule has 3 nitrogen and oxygen atoms in total. The van der Waals surface area contributed by atoms with Crippen molar-refractivity contribution in [3.63, 3.8) is 0 Å². The summed E-state index contributed by atoms with van der Waals surface area (Å²) in [7, 11) is 0. The number of hydrogen-bond donors (Lipinski definition) is 1. The number of benzene rings is 1. The van der Waals surface area contributed by atoms with Gasteiger partial charge in [-0.3, -0.25) is 10.4 Å². The summed E-state index contributed by atoms with van der Waals surface area (Å²) in [4.78, 5) is 5.46. The highest BCUT2D eigenvalue weighted by molar-refractivity contribution is 7.07. The Hall–Kier alpha value is -1.23. The molecule has 0 aliphatic rings. The lowest BCUT2D eigenvalue weighted by molar-refractivity contribution is 0.801. The lowest BCUT2D eigenvalue weighted by Gasteiger charge is -2.14.